The van der Waals surface area contributed by atoms with Crippen molar-refractivity contribution >= 4 is 15.8 Å². The second-order valence-corrected chi connectivity index (χ2v) is 4.56. The molecule has 0 fully saturated rings. The SMILES string of the molecule is COc1ccc(C)cc1NCS(=O)(=O)O. The summed E-state index contributed by atoms with van der Waals surface area (Å²) in [5, 5.41) is 2.58. The van der Waals surface area contributed by atoms with Crippen molar-refractivity contribution in [3.8, 4) is 5.75 Å². The summed E-state index contributed by atoms with van der Waals surface area (Å²) in [6, 6.07) is 5.31. The number of hydrogen-bond donors (Lipinski definition) is 2. The predicted molar refractivity (Wildman–Crippen MR) is 57.8 cm³/mol. The van der Waals surface area contributed by atoms with E-state index in [1.807, 2.05) is 13.0 Å². The zero-order valence-electron chi connectivity index (χ0n) is 8.52. The summed E-state index contributed by atoms with van der Waals surface area (Å²) < 4.78 is 34.7. The Kier molecular flexibility index (Phi) is 3.54. The number of aryl methyl sites for hydroxylation is 1. The molecule has 0 atom stereocenters. The number of rotatable bonds is 4. The highest BCUT2D eigenvalue weighted by molar-refractivity contribution is 7.85. The van der Waals surface area contributed by atoms with E-state index in [-0.39, 0.29) is 0 Å². The molecule has 1 aromatic carbocycles. The molecule has 84 valence electrons. The zero-order chi connectivity index (χ0) is 11.5. The fourth-order valence-electron chi connectivity index (χ4n) is 1.13. The lowest BCUT2D eigenvalue weighted by Gasteiger charge is -2.10. The van der Waals surface area contributed by atoms with E-state index in [0.717, 1.165) is 5.56 Å². The van der Waals surface area contributed by atoms with Gasteiger partial charge >= 0.3 is 0 Å². The van der Waals surface area contributed by atoms with Gasteiger partial charge in [-0.05, 0) is 24.6 Å². The summed E-state index contributed by atoms with van der Waals surface area (Å²) in [6.07, 6.45) is 0. The molecule has 0 spiro atoms. The minimum absolute atomic E-state index is 0.532. The molecule has 5 nitrogen and oxygen atoms in total. The minimum Gasteiger partial charge on any atom is -0.495 e. The van der Waals surface area contributed by atoms with Crippen LogP contribution >= 0.6 is 0 Å². The van der Waals surface area contributed by atoms with E-state index in [1.165, 1.54) is 7.11 Å². The largest absolute Gasteiger partial charge is 0.495 e. The highest BCUT2D eigenvalue weighted by Crippen LogP contribution is 2.24. The third kappa shape index (κ3) is 3.77. The molecule has 1 aromatic rings. The number of anilines is 1. The first-order chi connectivity index (χ1) is 6.92. The van der Waals surface area contributed by atoms with Gasteiger partial charge in [0.15, 0.2) is 0 Å². The molecule has 0 saturated heterocycles. The molecule has 2 N–H and O–H groups in total. The van der Waals surface area contributed by atoms with E-state index in [0.29, 0.717) is 11.4 Å². The van der Waals surface area contributed by atoms with E-state index in [2.05, 4.69) is 5.32 Å². The fraction of sp³-hybridized carbons (Fsp3) is 0.333. The lowest BCUT2D eigenvalue weighted by molar-refractivity contribution is 0.416. The Bertz CT molecular complexity index is 441. The van der Waals surface area contributed by atoms with Crippen LogP contribution in [0.5, 0.6) is 5.75 Å². The Morgan fingerprint density at radius 1 is 1.47 bits per heavy atom. The Balaban J connectivity index is 2.88. The molecular formula is C9H13NO4S. The topological polar surface area (TPSA) is 75.6 Å². The van der Waals surface area contributed by atoms with Crippen LogP contribution in [0.1, 0.15) is 5.56 Å². The average Bonchev–Trinajstić information content (AvgIpc) is 2.14. The molecular weight excluding hydrogens is 218 g/mol. The lowest BCUT2D eigenvalue weighted by atomic mass is 10.2. The first-order valence-corrected chi connectivity index (χ1v) is 5.87. The number of ether oxygens (including phenoxy) is 1. The molecule has 6 heteroatoms. The van der Waals surface area contributed by atoms with Crippen molar-refractivity contribution in [2.45, 2.75) is 6.92 Å². The van der Waals surface area contributed by atoms with Crippen LogP contribution in [0.2, 0.25) is 0 Å². The number of hydrogen-bond acceptors (Lipinski definition) is 4. The number of nitrogens with one attached hydrogen (secondary N) is 1. The molecule has 0 bridgehead atoms. The van der Waals surface area contributed by atoms with Gasteiger partial charge in [0.2, 0.25) is 0 Å². The monoisotopic (exact) mass is 231 g/mol. The van der Waals surface area contributed by atoms with Gasteiger partial charge < -0.3 is 10.1 Å². The van der Waals surface area contributed by atoms with Crippen molar-refractivity contribution in [1.29, 1.82) is 0 Å². The van der Waals surface area contributed by atoms with Gasteiger partial charge in [-0.1, -0.05) is 6.07 Å². The molecule has 0 aliphatic rings. The highest BCUT2D eigenvalue weighted by Gasteiger charge is 2.07. The second kappa shape index (κ2) is 4.50. The van der Waals surface area contributed by atoms with Gasteiger partial charge in [0.1, 0.15) is 11.6 Å². The van der Waals surface area contributed by atoms with E-state index < -0.39 is 16.0 Å². The summed E-state index contributed by atoms with van der Waals surface area (Å²) >= 11 is 0. The Hall–Kier alpha value is -1.27. The van der Waals surface area contributed by atoms with Crippen LogP contribution in [0.25, 0.3) is 0 Å². The number of methoxy groups -OCH3 is 1. The van der Waals surface area contributed by atoms with E-state index in [9.17, 15) is 8.42 Å². The maximum atomic E-state index is 10.5. The summed E-state index contributed by atoms with van der Waals surface area (Å²) in [5.41, 5.74) is 1.50. The van der Waals surface area contributed by atoms with Gasteiger partial charge in [-0.15, -0.1) is 0 Å². The molecule has 0 radical (unpaired) electrons. The third-order valence-electron chi connectivity index (χ3n) is 1.80. The van der Waals surface area contributed by atoms with Gasteiger partial charge in [-0.2, -0.15) is 8.42 Å². The molecule has 15 heavy (non-hydrogen) atoms. The molecule has 0 aliphatic heterocycles. The van der Waals surface area contributed by atoms with Crippen LogP contribution in [-0.2, 0) is 10.1 Å². The third-order valence-corrected chi connectivity index (χ3v) is 2.31. The molecule has 0 unspecified atom stereocenters. The molecule has 0 amide bonds. The maximum absolute atomic E-state index is 10.5. The Morgan fingerprint density at radius 2 is 2.13 bits per heavy atom. The molecule has 1 rings (SSSR count). The van der Waals surface area contributed by atoms with E-state index >= 15 is 0 Å². The van der Waals surface area contributed by atoms with Crippen LogP contribution in [0, 0.1) is 6.92 Å². The van der Waals surface area contributed by atoms with Gasteiger partial charge in [-0.3, -0.25) is 4.55 Å². The maximum Gasteiger partial charge on any atom is 0.283 e. The molecule has 0 heterocycles. The van der Waals surface area contributed by atoms with Crippen molar-refractivity contribution in [3.05, 3.63) is 23.8 Å². The first kappa shape index (κ1) is 11.8. The van der Waals surface area contributed by atoms with Gasteiger partial charge in [0, 0.05) is 0 Å². The van der Waals surface area contributed by atoms with E-state index in [4.69, 9.17) is 9.29 Å². The van der Waals surface area contributed by atoms with Crippen molar-refractivity contribution < 1.29 is 17.7 Å². The van der Waals surface area contributed by atoms with Gasteiger partial charge in [0.05, 0.1) is 12.8 Å². The van der Waals surface area contributed by atoms with Crippen molar-refractivity contribution in [2.24, 2.45) is 0 Å². The second-order valence-electron chi connectivity index (χ2n) is 3.11. The first-order valence-electron chi connectivity index (χ1n) is 4.26. The molecule has 0 aromatic heterocycles. The van der Waals surface area contributed by atoms with Crippen molar-refractivity contribution in [3.63, 3.8) is 0 Å². The Labute approximate surface area is 88.8 Å². The van der Waals surface area contributed by atoms with Crippen molar-refractivity contribution in [2.75, 3.05) is 18.3 Å². The van der Waals surface area contributed by atoms with Crippen LogP contribution < -0.4 is 10.1 Å². The Morgan fingerprint density at radius 3 is 2.67 bits per heavy atom. The lowest BCUT2D eigenvalue weighted by Crippen LogP contribution is -2.13. The standard InChI is InChI=1S/C9H13NO4S/c1-7-3-4-9(14-2)8(5-7)10-6-15(11,12)13/h3-5,10H,6H2,1-2H3,(H,11,12,13). The highest BCUT2D eigenvalue weighted by atomic mass is 32.2. The van der Waals surface area contributed by atoms with E-state index in [1.54, 1.807) is 12.1 Å². The van der Waals surface area contributed by atoms with Crippen molar-refractivity contribution in [1.82, 2.24) is 0 Å². The normalized spacial score (nSPS) is 11.1. The summed E-state index contributed by atoms with van der Waals surface area (Å²) in [7, 11) is -2.54. The zero-order valence-corrected chi connectivity index (χ0v) is 9.34. The van der Waals surface area contributed by atoms with Crippen LogP contribution in [0.15, 0.2) is 18.2 Å². The van der Waals surface area contributed by atoms with Gasteiger partial charge in [0.25, 0.3) is 10.1 Å². The number of benzene rings is 1. The summed E-state index contributed by atoms with van der Waals surface area (Å²) in [4.78, 5) is 0. The summed E-state index contributed by atoms with van der Waals surface area (Å²) in [5.74, 6) is -0.00319. The van der Waals surface area contributed by atoms with Gasteiger partial charge in [-0.25, -0.2) is 0 Å². The van der Waals surface area contributed by atoms with Crippen LogP contribution in [-0.4, -0.2) is 26.0 Å². The predicted octanol–water partition coefficient (Wildman–Crippen LogP) is 1.26. The summed E-state index contributed by atoms with van der Waals surface area (Å²) in [6.45, 7) is 1.87. The minimum atomic E-state index is -4.03. The van der Waals surface area contributed by atoms with Crippen LogP contribution in [0.3, 0.4) is 0 Å². The average molecular weight is 231 g/mol. The molecule has 0 saturated carbocycles. The molecule has 0 aliphatic carbocycles. The quantitative estimate of drug-likeness (QED) is 0.763. The smallest absolute Gasteiger partial charge is 0.283 e. The van der Waals surface area contributed by atoms with Crippen LogP contribution in [0.4, 0.5) is 5.69 Å². The fourth-order valence-corrected chi connectivity index (χ4v) is 1.47.